The van der Waals surface area contributed by atoms with Crippen LogP contribution < -0.4 is 0 Å². The summed E-state index contributed by atoms with van der Waals surface area (Å²) in [5, 5.41) is 9.38. The van der Waals surface area contributed by atoms with Crippen LogP contribution >= 0.6 is 0 Å². The van der Waals surface area contributed by atoms with Crippen LogP contribution in [0.5, 0.6) is 0 Å². The molecule has 0 radical (unpaired) electrons. The van der Waals surface area contributed by atoms with Crippen LogP contribution in [0.1, 0.15) is 97.3 Å². The van der Waals surface area contributed by atoms with Gasteiger partial charge in [-0.3, -0.25) is 4.79 Å². The fourth-order valence-electron chi connectivity index (χ4n) is 2.57. The first-order valence-electron chi connectivity index (χ1n) is 9.71. The Morgan fingerprint density at radius 3 is 1.96 bits per heavy atom. The lowest BCUT2D eigenvalue weighted by molar-refractivity contribution is -0.143. The van der Waals surface area contributed by atoms with E-state index in [0.29, 0.717) is 13.0 Å². The number of carbonyl (C=O) groups is 1. The molecule has 0 aliphatic carbocycles. The van der Waals surface area contributed by atoms with Crippen molar-refractivity contribution in [3.63, 3.8) is 0 Å². The molecular weight excluding hydrogens is 288 g/mol. The van der Waals surface area contributed by atoms with E-state index < -0.39 is 0 Å². The first-order valence-corrected chi connectivity index (χ1v) is 9.71. The summed E-state index contributed by atoms with van der Waals surface area (Å²) in [6.07, 6.45) is 18.8. The SMILES string of the molecule is CCOC(=O)CCCCCCCCCCCC/C=C\C(O)CC. The van der Waals surface area contributed by atoms with Crippen LogP contribution in [0.2, 0.25) is 0 Å². The third-order valence-electron chi connectivity index (χ3n) is 4.08. The second-order valence-electron chi connectivity index (χ2n) is 6.28. The fourth-order valence-corrected chi connectivity index (χ4v) is 2.57. The van der Waals surface area contributed by atoms with Gasteiger partial charge in [-0.25, -0.2) is 0 Å². The molecule has 0 saturated carbocycles. The van der Waals surface area contributed by atoms with E-state index in [1.165, 1.54) is 51.4 Å². The summed E-state index contributed by atoms with van der Waals surface area (Å²) in [6.45, 7) is 4.34. The third-order valence-corrected chi connectivity index (χ3v) is 4.08. The zero-order valence-electron chi connectivity index (χ0n) is 15.4. The first-order chi connectivity index (χ1) is 11.2. The van der Waals surface area contributed by atoms with Crippen molar-refractivity contribution in [2.75, 3.05) is 6.61 Å². The minimum atomic E-state index is -0.257. The monoisotopic (exact) mass is 326 g/mol. The number of rotatable bonds is 16. The Bertz CT molecular complexity index is 287. The molecule has 0 rings (SSSR count). The molecule has 0 bridgehead atoms. The third kappa shape index (κ3) is 17.4. The Morgan fingerprint density at radius 1 is 0.913 bits per heavy atom. The van der Waals surface area contributed by atoms with Gasteiger partial charge >= 0.3 is 5.97 Å². The second kappa shape index (κ2) is 17.5. The predicted molar refractivity (Wildman–Crippen MR) is 97.5 cm³/mol. The molecule has 0 amide bonds. The molecule has 3 nitrogen and oxygen atoms in total. The topological polar surface area (TPSA) is 46.5 Å². The quantitative estimate of drug-likeness (QED) is 0.229. The van der Waals surface area contributed by atoms with Crippen LogP contribution in [0.15, 0.2) is 12.2 Å². The summed E-state index contributed by atoms with van der Waals surface area (Å²) < 4.78 is 4.91. The highest BCUT2D eigenvalue weighted by Crippen LogP contribution is 2.12. The summed E-state index contributed by atoms with van der Waals surface area (Å²) >= 11 is 0. The Labute approximate surface area is 143 Å². The zero-order valence-corrected chi connectivity index (χ0v) is 15.4. The van der Waals surface area contributed by atoms with Crippen molar-refractivity contribution in [2.45, 2.75) is 103 Å². The summed E-state index contributed by atoms with van der Waals surface area (Å²) in [6, 6.07) is 0. The minimum Gasteiger partial charge on any atom is -0.466 e. The molecule has 0 aliphatic rings. The van der Waals surface area contributed by atoms with Crippen molar-refractivity contribution in [1.82, 2.24) is 0 Å². The molecule has 1 atom stereocenters. The number of carbonyl (C=O) groups excluding carboxylic acids is 1. The van der Waals surface area contributed by atoms with E-state index in [2.05, 4.69) is 6.08 Å². The number of esters is 1. The van der Waals surface area contributed by atoms with Gasteiger partial charge in [0.05, 0.1) is 12.7 Å². The maximum Gasteiger partial charge on any atom is 0.305 e. The highest BCUT2D eigenvalue weighted by molar-refractivity contribution is 5.69. The van der Waals surface area contributed by atoms with E-state index in [9.17, 15) is 9.90 Å². The highest BCUT2D eigenvalue weighted by atomic mass is 16.5. The van der Waals surface area contributed by atoms with Crippen molar-refractivity contribution in [2.24, 2.45) is 0 Å². The number of hydrogen-bond donors (Lipinski definition) is 1. The molecule has 136 valence electrons. The van der Waals surface area contributed by atoms with Crippen LogP contribution in [0.3, 0.4) is 0 Å². The molecule has 23 heavy (non-hydrogen) atoms. The normalized spacial score (nSPS) is 12.7. The Kier molecular flexibility index (Phi) is 16.9. The summed E-state index contributed by atoms with van der Waals surface area (Å²) in [4.78, 5) is 11.2. The van der Waals surface area contributed by atoms with Crippen LogP contribution in [-0.2, 0) is 9.53 Å². The highest BCUT2D eigenvalue weighted by Gasteiger charge is 2.00. The number of allylic oxidation sites excluding steroid dienone is 1. The van der Waals surface area contributed by atoms with E-state index in [-0.39, 0.29) is 12.1 Å². The maximum absolute atomic E-state index is 11.2. The average molecular weight is 327 g/mol. The van der Waals surface area contributed by atoms with E-state index in [1.807, 2.05) is 19.9 Å². The van der Waals surface area contributed by atoms with Crippen LogP contribution in [0.25, 0.3) is 0 Å². The van der Waals surface area contributed by atoms with Crippen LogP contribution in [0.4, 0.5) is 0 Å². The largest absolute Gasteiger partial charge is 0.466 e. The van der Waals surface area contributed by atoms with Crippen molar-refractivity contribution in [1.29, 1.82) is 0 Å². The van der Waals surface area contributed by atoms with Gasteiger partial charge in [0.1, 0.15) is 0 Å². The molecule has 3 heteroatoms. The molecule has 0 fully saturated rings. The van der Waals surface area contributed by atoms with E-state index in [4.69, 9.17) is 4.74 Å². The average Bonchev–Trinajstić information content (AvgIpc) is 2.55. The van der Waals surface area contributed by atoms with Crippen LogP contribution in [0, 0.1) is 0 Å². The fraction of sp³-hybridized carbons (Fsp3) is 0.850. The molecular formula is C20H38O3. The molecule has 0 spiro atoms. The van der Waals surface area contributed by atoms with Crippen molar-refractivity contribution >= 4 is 5.97 Å². The van der Waals surface area contributed by atoms with E-state index in [0.717, 1.165) is 25.7 Å². The smallest absolute Gasteiger partial charge is 0.305 e. The standard InChI is InChI=1S/C20H38O3/c1-3-19(21)17-15-13-11-9-7-5-6-8-10-12-14-16-18-20(22)23-4-2/h15,17,19,21H,3-14,16,18H2,1-2H3/b17-15-. The Morgan fingerprint density at radius 2 is 1.43 bits per heavy atom. The molecule has 0 saturated heterocycles. The summed E-state index contributed by atoms with van der Waals surface area (Å²) in [5.74, 6) is -0.0495. The molecule has 0 aromatic carbocycles. The van der Waals surface area contributed by atoms with Gasteiger partial charge in [-0.15, -0.1) is 0 Å². The Hall–Kier alpha value is -0.830. The lowest BCUT2D eigenvalue weighted by Gasteiger charge is -2.03. The van der Waals surface area contributed by atoms with Gasteiger partial charge in [0.15, 0.2) is 0 Å². The van der Waals surface area contributed by atoms with Crippen molar-refractivity contribution in [3.8, 4) is 0 Å². The lowest BCUT2D eigenvalue weighted by Crippen LogP contribution is -2.03. The number of hydrogen-bond acceptors (Lipinski definition) is 3. The maximum atomic E-state index is 11.2. The zero-order chi connectivity index (χ0) is 17.2. The van der Waals surface area contributed by atoms with Crippen LogP contribution in [-0.4, -0.2) is 23.8 Å². The number of unbranched alkanes of at least 4 members (excludes halogenated alkanes) is 10. The van der Waals surface area contributed by atoms with Crippen molar-refractivity contribution in [3.05, 3.63) is 12.2 Å². The molecule has 0 heterocycles. The second-order valence-corrected chi connectivity index (χ2v) is 6.28. The van der Waals surface area contributed by atoms with E-state index >= 15 is 0 Å². The minimum absolute atomic E-state index is 0.0495. The van der Waals surface area contributed by atoms with Crippen molar-refractivity contribution < 1.29 is 14.6 Å². The number of aliphatic hydroxyl groups excluding tert-OH is 1. The van der Waals surface area contributed by atoms with E-state index in [1.54, 1.807) is 0 Å². The van der Waals surface area contributed by atoms with Gasteiger partial charge < -0.3 is 9.84 Å². The summed E-state index contributed by atoms with van der Waals surface area (Å²) in [7, 11) is 0. The number of ether oxygens (including phenoxy) is 1. The molecule has 0 aromatic heterocycles. The lowest BCUT2D eigenvalue weighted by atomic mass is 10.0. The van der Waals surface area contributed by atoms with Gasteiger partial charge in [-0.05, 0) is 32.6 Å². The summed E-state index contributed by atoms with van der Waals surface area (Å²) in [5.41, 5.74) is 0. The van der Waals surface area contributed by atoms with Gasteiger partial charge in [0, 0.05) is 6.42 Å². The van der Waals surface area contributed by atoms with Gasteiger partial charge in [-0.1, -0.05) is 70.4 Å². The molecule has 0 aromatic rings. The predicted octanol–water partition coefficient (Wildman–Crippen LogP) is 5.56. The van der Waals surface area contributed by atoms with Gasteiger partial charge in [0.2, 0.25) is 0 Å². The molecule has 1 unspecified atom stereocenters. The molecule has 0 aliphatic heterocycles. The van der Waals surface area contributed by atoms with Gasteiger partial charge in [0.25, 0.3) is 0 Å². The molecule has 1 N–H and O–H groups in total. The van der Waals surface area contributed by atoms with Gasteiger partial charge in [-0.2, -0.15) is 0 Å². The first kappa shape index (κ1) is 22.2. The Balaban J connectivity index is 3.13. The number of aliphatic hydroxyl groups is 1.